The Bertz CT molecular complexity index is 203. The monoisotopic (exact) mass is 244 g/mol. The van der Waals surface area contributed by atoms with Gasteiger partial charge in [0.05, 0.1) is 0 Å². The molecule has 1 fully saturated rings. The lowest BCUT2D eigenvalue weighted by Crippen LogP contribution is -2.28. The average Bonchev–Trinajstić information content (AvgIpc) is 2.29. The number of carbonyl (C=O) groups excluding carboxylic acids is 1. The molecule has 1 aliphatic rings. The van der Waals surface area contributed by atoms with Crippen molar-refractivity contribution in [2.75, 3.05) is 38.7 Å². The van der Waals surface area contributed by atoms with Gasteiger partial charge >= 0.3 is 0 Å². The van der Waals surface area contributed by atoms with E-state index in [1.165, 1.54) is 24.3 Å². The molecule has 1 N–H and O–H groups in total. The van der Waals surface area contributed by atoms with Crippen LogP contribution in [0.25, 0.3) is 0 Å². The van der Waals surface area contributed by atoms with Crippen molar-refractivity contribution in [3.63, 3.8) is 0 Å². The van der Waals surface area contributed by atoms with Crippen molar-refractivity contribution in [1.82, 2.24) is 10.2 Å². The zero-order chi connectivity index (χ0) is 11.8. The van der Waals surface area contributed by atoms with E-state index < -0.39 is 0 Å². The molecule has 16 heavy (non-hydrogen) atoms. The van der Waals surface area contributed by atoms with E-state index in [0.717, 1.165) is 25.4 Å². The second kappa shape index (κ2) is 7.96. The fourth-order valence-corrected chi connectivity index (χ4v) is 3.05. The molecule has 94 valence electrons. The summed E-state index contributed by atoms with van der Waals surface area (Å²) in [5.41, 5.74) is 0. The minimum absolute atomic E-state index is 0.232. The van der Waals surface area contributed by atoms with Crippen LogP contribution in [-0.4, -0.2) is 49.5 Å². The van der Waals surface area contributed by atoms with Crippen LogP contribution >= 0.6 is 11.8 Å². The fourth-order valence-electron chi connectivity index (χ4n) is 1.84. The van der Waals surface area contributed by atoms with Gasteiger partial charge in [-0.15, -0.1) is 0 Å². The minimum atomic E-state index is 0.232. The van der Waals surface area contributed by atoms with Gasteiger partial charge in [0, 0.05) is 20.5 Å². The van der Waals surface area contributed by atoms with Crippen molar-refractivity contribution in [3.05, 3.63) is 0 Å². The number of rotatable bonds is 6. The molecule has 4 heteroatoms. The Morgan fingerprint density at radius 1 is 1.38 bits per heavy atom. The number of hydrogen-bond acceptors (Lipinski definition) is 3. The van der Waals surface area contributed by atoms with E-state index in [2.05, 4.69) is 17.1 Å². The maximum Gasteiger partial charge on any atom is 0.222 e. The number of nitrogens with one attached hydrogen (secondary N) is 1. The smallest absolute Gasteiger partial charge is 0.222 e. The van der Waals surface area contributed by atoms with Crippen LogP contribution < -0.4 is 5.32 Å². The van der Waals surface area contributed by atoms with Crippen LogP contribution in [0.1, 0.15) is 25.7 Å². The van der Waals surface area contributed by atoms with Crippen molar-refractivity contribution in [3.8, 4) is 0 Å². The quantitative estimate of drug-likeness (QED) is 0.720. The number of thioether (sulfide) groups is 1. The highest BCUT2D eigenvalue weighted by molar-refractivity contribution is 7.99. The second-order valence-electron chi connectivity index (χ2n) is 4.65. The van der Waals surface area contributed by atoms with Gasteiger partial charge in [-0.3, -0.25) is 4.79 Å². The zero-order valence-electron chi connectivity index (χ0n) is 10.5. The largest absolute Gasteiger partial charge is 0.349 e. The van der Waals surface area contributed by atoms with Crippen LogP contribution in [0.5, 0.6) is 0 Å². The molecule has 0 unspecified atom stereocenters. The number of hydrogen-bond donors (Lipinski definition) is 1. The molecule has 0 atom stereocenters. The van der Waals surface area contributed by atoms with E-state index in [-0.39, 0.29) is 5.91 Å². The van der Waals surface area contributed by atoms with Gasteiger partial charge in [0.15, 0.2) is 0 Å². The van der Waals surface area contributed by atoms with Crippen molar-refractivity contribution in [1.29, 1.82) is 0 Å². The summed E-state index contributed by atoms with van der Waals surface area (Å²) >= 11 is 2.07. The minimum Gasteiger partial charge on any atom is -0.349 e. The van der Waals surface area contributed by atoms with E-state index in [1.54, 1.807) is 4.90 Å². The first-order valence-corrected chi connectivity index (χ1v) is 7.34. The van der Waals surface area contributed by atoms with E-state index in [9.17, 15) is 4.79 Å². The molecule has 1 heterocycles. The van der Waals surface area contributed by atoms with Crippen LogP contribution in [0, 0.1) is 5.92 Å². The summed E-state index contributed by atoms with van der Waals surface area (Å²) in [5.74, 6) is 3.75. The predicted octanol–water partition coefficient (Wildman–Crippen LogP) is 1.59. The number of carbonyl (C=O) groups is 1. The highest BCUT2D eigenvalue weighted by Gasteiger charge is 2.12. The normalized spacial score (nSPS) is 17.4. The van der Waals surface area contributed by atoms with Gasteiger partial charge in [0.1, 0.15) is 0 Å². The molecule has 0 aromatic carbocycles. The summed E-state index contributed by atoms with van der Waals surface area (Å²) in [7, 11) is 3.63. The van der Waals surface area contributed by atoms with Crippen LogP contribution in [0.3, 0.4) is 0 Å². The Morgan fingerprint density at radius 3 is 2.69 bits per heavy atom. The molecule has 0 aromatic heterocycles. The third-order valence-electron chi connectivity index (χ3n) is 3.02. The van der Waals surface area contributed by atoms with Gasteiger partial charge in [0.25, 0.3) is 0 Å². The van der Waals surface area contributed by atoms with Crippen LogP contribution in [0.2, 0.25) is 0 Å². The first kappa shape index (κ1) is 13.8. The molecule has 1 amide bonds. The predicted molar refractivity (Wildman–Crippen MR) is 70.8 cm³/mol. The molecule has 0 aromatic rings. The molecular weight excluding hydrogens is 220 g/mol. The van der Waals surface area contributed by atoms with Crippen LogP contribution in [0.15, 0.2) is 0 Å². The lowest BCUT2D eigenvalue weighted by Gasteiger charge is -2.21. The average molecular weight is 244 g/mol. The van der Waals surface area contributed by atoms with E-state index in [1.807, 2.05) is 14.1 Å². The zero-order valence-corrected chi connectivity index (χ0v) is 11.3. The summed E-state index contributed by atoms with van der Waals surface area (Å²) in [6, 6.07) is 0. The maximum absolute atomic E-state index is 11.3. The van der Waals surface area contributed by atoms with E-state index >= 15 is 0 Å². The summed E-state index contributed by atoms with van der Waals surface area (Å²) in [6.07, 6.45) is 4.33. The second-order valence-corrected chi connectivity index (χ2v) is 5.88. The number of nitrogens with zero attached hydrogens (tertiary/aromatic N) is 1. The van der Waals surface area contributed by atoms with Gasteiger partial charge in [-0.2, -0.15) is 11.8 Å². The summed E-state index contributed by atoms with van der Waals surface area (Å²) < 4.78 is 0. The Labute approximate surface area is 103 Å². The molecular formula is C12H24N2OS. The first-order valence-electron chi connectivity index (χ1n) is 6.18. The van der Waals surface area contributed by atoms with Crippen molar-refractivity contribution < 1.29 is 4.79 Å². The molecule has 0 bridgehead atoms. The standard InChI is InChI=1S/C12H24N2OS/c1-14(2)12(15)4-3-7-13-10-11-5-8-16-9-6-11/h11,13H,3-10H2,1-2H3. The third kappa shape index (κ3) is 5.75. The first-order chi connectivity index (χ1) is 7.70. The lowest BCUT2D eigenvalue weighted by molar-refractivity contribution is -0.128. The van der Waals surface area contributed by atoms with Crippen molar-refractivity contribution >= 4 is 17.7 Å². The molecule has 1 rings (SSSR count). The Morgan fingerprint density at radius 2 is 2.06 bits per heavy atom. The molecule has 0 aliphatic carbocycles. The van der Waals surface area contributed by atoms with Crippen molar-refractivity contribution in [2.45, 2.75) is 25.7 Å². The van der Waals surface area contributed by atoms with Gasteiger partial charge < -0.3 is 10.2 Å². The summed E-state index contributed by atoms with van der Waals surface area (Å²) in [5, 5.41) is 3.47. The lowest BCUT2D eigenvalue weighted by atomic mass is 10.0. The Balaban J connectivity index is 1.93. The van der Waals surface area contributed by atoms with Gasteiger partial charge in [-0.1, -0.05) is 0 Å². The molecule has 3 nitrogen and oxygen atoms in total. The van der Waals surface area contributed by atoms with Gasteiger partial charge in [-0.25, -0.2) is 0 Å². The SMILES string of the molecule is CN(C)C(=O)CCCNCC1CCSCC1. The topological polar surface area (TPSA) is 32.3 Å². The highest BCUT2D eigenvalue weighted by atomic mass is 32.2. The van der Waals surface area contributed by atoms with Gasteiger partial charge in [0.2, 0.25) is 5.91 Å². The van der Waals surface area contributed by atoms with Crippen LogP contribution in [0.4, 0.5) is 0 Å². The fraction of sp³-hybridized carbons (Fsp3) is 0.917. The molecule has 0 spiro atoms. The Kier molecular flexibility index (Phi) is 6.88. The molecule has 1 aliphatic heterocycles. The van der Waals surface area contributed by atoms with Crippen molar-refractivity contribution in [2.24, 2.45) is 5.92 Å². The maximum atomic E-state index is 11.3. The van der Waals surface area contributed by atoms with E-state index in [0.29, 0.717) is 6.42 Å². The highest BCUT2D eigenvalue weighted by Crippen LogP contribution is 2.21. The van der Waals surface area contributed by atoms with Gasteiger partial charge in [-0.05, 0) is 49.8 Å². The molecule has 1 saturated heterocycles. The summed E-state index contributed by atoms with van der Waals surface area (Å²) in [4.78, 5) is 13.0. The third-order valence-corrected chi connectivity index (χ3v) is 4.07. The van der Waals surface area contributed by atoms with Crippen LogP contribution in [-0.2, 0) is 4.79 Å². The van der Waals surface area contributed by atoms with E-state index in [4.69, 9.17) is 0 Å². The molecule has 0 radical (unpaired) electrons. The summed E-state index contributed by atoms with van der Waals surface area (Å²) in [6.45, 7) is 2.11. The number of amides is 1. The Hall–Kier alpha value is -0.220. The molecule has 0 saturated carbocycles.